The molecular weight excluding hydrogens is 320 g/mol. The monoisotopic (exact) mass is 332 g/mol. The molecule has 1 N–H and O–H groups in total. The number of halogens is 1. The second-order valence-corrected chi connectivity index (χ2v) is 5.44. The smallest absolute Gasteiger partial charge is 0.310 e. The molecule has 0 saturated carbocycles. The fourth-order valence-electron chi connectivity index (χ4n) is 2.20. The highest BCUT2D eigenvalue weighted by atomic mass is 35.5. The van der Waals surface area contributed by atoms with Gasteiger partial charge in [0.25, 0.3) is 0 Å². The summed E-state index contributed by atoms with van der Waals surface area (Å²) in [5.41, 5.74) is 0.867. The second kappa shape index (κ2) is 5.89. The maximum atomic E-state index is 12.6. The highest BCUT2D eigenvalue weighted by Crippen LogP contribution is 2.33. The van der Waals surface area contributed by atoms with Crippen molar-refractivity contribution in [2.45, 2.75) is 20.3 Å². The standard InChI is InChI=1S/C16H13ClN2O4/c1-3-13(20)22-16-10-5-4-9(17)7-11(10)18-14(16)15(21)12-6-8(2)23-19-12/h4-7,18H,3H2,1-2H3. The van der Waals surface area contributed by atoms with Crippen molar-refractivity contribution in [3.63, 3.8) is 0 Å². The van der Waals surface area contributed by atoms with Crippen LogP contribution in [0.2, 0.25) is 5.02 Å². The van der Waals surface area contributed by atoms with Gasteiger partial charge in [-0.1, -0.05) is 23.7 Å². The summed E-state index contributed by atoms with van der Waals surface area (Å²) in [5, 5.41) is 4.81. The van der Waals surface area contributed by atoms with Crippen molar-refractivity contribution in [2.24, 2.45) is 0 Å². The maximum Gasteiger partial charge on any atom is 0.310 e. The number of rotatable bonds is 4. The molecule has 23 heavy (non-hydrogen) atoms. The van der Waals surface area contributed by atoms with Gasteiger partial charge >= 0.3 is 5.97 Å². The highest BCUT2D eigenvalue weighted by molar-refractivity contribution is 6.31. The number of aromatic nitrogens is 2. The lowest BCUT2D eigenvalue weighted by molar-refractivity contribution is -0.133. The normalized spacial score (nSPS) is 10.9. The zero-order valence-corrected chi connectivity index (χ0v) is 13.2. The number of benzene rings is 1. The van der Waals surface area contributed by atoms with Crippen LogP contribution < -0.4 is 4.74 Å². The Kier molecular flexibility index (Phi) is 3.92. The van der Waals surface area contributed by atoms with E-state index < -0.39 is 11.8 Å². The number of nitrogens with zero attached hydrogens (tertiary/aromatic N) is 1. The van der Waals surface area contributed by atoms with Crippen LogP contribution in [-0.2, 0) is 4.79 Å². The summed E-state index contributed by atoms with van der Waals surface area (Å²) in [7, 11) is 0. The average molecular weight is 333 g/mol. The lowest BCUT2D eigenvalue weighted by Crippen LogP contribution is -2.10. The Morgan fingerprint density at radius 3 is 2.78 bits per heavy atom. The summed E-state index contributed by atoms with van der Waals surface area (Å²) >= 11 is 5.97. The summed E-state index contributed by atoms with van der Waals surface area (Å²) in [5.74, 6) is -0.173. The number of hydrogen-bond acceptors (Lipinski definition) is 5. The van der Waals surface area contributed by atoms with Gasteiger partial charge in [0, 0.05) is 22.9 Å². The Balaban J connectivity index is 2.15. The number of aryl methyl sites for hydroxylation is 1. The molecule has 0 unspecified atom stereocenters. The van der Waals surface area contributed by atoms with E-state index in [1.54, 1.807) is 32.0 Å². The molecule has 118 valence electrons. The first-order chi connectivity index (χ1) is 11.0. The first kappa shape index (κ1) is 15.3. The van der Waals surface area contributed by atoms with Crippen molar-refractivity contribution in [2.75, 3.05) is 0 Å². The molecule has 2 aromatic heterocycles. The molecule has 0 aliphatic heterocycles. The third-order valence-corrected chi connectivity index (χ3v) is 3.54. The minimum absolute atomic E-state index is 0.133. The van der Waals surface area contributed by atoms with Crippen LogP contribution in [-0.4, -0.2) is 21.9 Å². The van der Waals surface area contributed by atoms with Crippen molar-refractivity contribution in [1.29, 1.82) is 0 Å². The molecular formula is C16H13ClN2O4. The number of hydrogen-bond donors (Lipinski definition) is 1. The van der Waals surface area contributed by atoms with E-state index in [0.29, 0.717) is 21.7 Å². The molecule has 0 amide bonds. The Bertz CT molecular complexity index is 910. The molecule has 0 spiro atoms. The molecule has 0 aliphatic carbocycles. The van der Waals surface area contributed by atoms with Gasteiger partial charge in [0.05, 0.1) is 5.52 Å². The predicted molar refractivity (Wildman–Crippen MR) is 83.9 cm³/mol. The van der Waals surface area contributed by atoms with Gasteiger partial charge in [0.15, 0.2) is 11.4 Å². The molecule has 0 atom stereocenters. The summed E-state index contributed by atoms with van der Waals surface area (Å²) in [6, 6.07) is 6.53. The first-order valence-electron chi connectivity index (χ1n) is 6.99. The van der Waals surface area contributed by atoms with E-state index in [1.807, 2.05) is 0 Å². The highest BCUT2D eigenvalue weighted by Gasteiger charge is 2.24. The third-order valence-electron chi connectivity index (χ3n) is 3.31. The number of H-pyrrole nitrogens is 1. The van der Waals surface area contributed by atoms with Gasteiger partial charge in [0.1, 0.15) is 11.5 Å². The minimum Gasteiger partial charge on any atom is -0.423 e. The summed E-state index contributed by atoms with van der Waals surface area (Å²) in [6.07, 6.45) is 0.191. The fourth-order valence-corrected chi connectivity index (χ4v) is 2.37. The lowest BCUT2D eigenvalue weighted by Gasteiger charge is -2.03. The van der Waals surface area contributed by atoms with E-state index in [0.717, 1.165) is 0 Å². The Morgan fingerprint density at radius 1 is 1.35 bits per heavy atom. The lowest BCUT2D eigenvalue weighted by atomic mass is 10.1. The van der Waals surface area contributed by atoms with E-state index in [2.05, 4.69) is 10.1 Å². The van der Waals surface area contributed by atoms with Crippen LogP contribution in [0, 0.1) is 6.92 Å². The molecule has 0 bridgehead atoms. The Morgan fingerprint density at radius 2 is 2.13 bits per heavy atom. The van der Waals surface area contributed by atoms with Crippen molar-refractivity contribution >= 4 is 34.3 Å². The van der Waals surface area contributed by atoms with Gasteiger partial charge in [-0.15, -0.1) is 0 Å². The van der Waals surface area contributed by atoms with Crippen LogP contribution in [0.1, 0.15) is 35.3 Å². The largest absolute Gasteiger partial charge is 0.423 e. The van der Waals surface area contributed by atoms with Gasteiger partial charge in [0.2, 0.25) is 5.78 Å². The Labute approximate surface area is 136 Å². The molecule has 0 saturated heterocycles. The van der Waals surface area contributed by atoms with Crippen LogP contribution in [0.25, 0.3) is 10.9 Å². The summed E-state index contributed by atoms with van der Waals surface area (Å²) in [6.45, 7) is 3.36. The van der Waals surface area contributed by atoms with Gasteiger partial charge < -0.3 is 14.2 Å². The second-order valence-electron chi connectivity index (χ2n) is 5.00. The predicted octanol–water partition coefficient (Wildman–Crippen LogP) is 3.66. The first-order valence-corrected chi connectivity index (χ1v) is 7.37. The van der Waals surface area contributed by atoms with E-state index in [1.165, 1.54) is 6.07 Å². The van der Waals surface area contributed by atoms with Crippen molar-refractivity contribution in [3.05, 3.63) is 46.4 Å². The number of ether oxygens (including phenoxy) is 1. The van der Waals surface area contributed by atoms with Crippen LogP contribution in [0.3, 0.4) is 0 Å². The van der Waals surface area contributed by atoms with Crippen molar-refractivity contribution in [3.8, 4) is 5.75 Å². The number of ketones is 1. The summed E-state index contributed by atoms with van der Waals surface area (Å²) in [4.78, 5) is 27.3. The summed E-state index contributed by atoms with van der Waals surface area (Å²) < 4.78 is 10.3. The molecule has 3 aromatic rings. The number of esters is 1. The number of carbonyl (C=O) groups excluding carboxylic acids is 2. The van der Waals surface area contributed by atoms with Crippen molar-refractivity contribution in [1.82, 2.24) is 10.1 Å². The topological polar surface area (TPSA) is 85.2 Å². The molecule has 0 radical (unpaired) electrons. The van der Waals surface area contributed by atoms with E-state index in [-0.39, 0.29) is 23.6 Å². The van der Waals surface area contributed by atoms with Crippen LogP contribution in [0.15, 0.2) is 28.8 Å². The number of nitrogens with one attached hydrogen (secondary N) is 1. The molecule has 2 heterocycles. The van der Waals surface area contributed by atoms with E-state index in [9.17, 15) is 9.59 Å². The average Bonchev–Trinajstić information content (AvgIpc) is 3.10. The minimum atomic E-state index is -0.439. The zero-order chi connectivity index (χ0) is 16.6. The number of fused-ring (bicyclic) bond motifs is 1. The van der Waals surface area contributed by atoms with Gasteiger partial charge in [-0.2, -0.15) is 0 Å². The SMILES string of the molecule is CCC(=O)Oc1c(C(=O)c2cc(C)on2)[nH]c2cc(Cl)ccc12. The zero-order valence-electron chi connectivity index (χ0n) is 12.5. The quantitative estimate of drug-likeness (QED) is 0.582. The molecule has 0 aliphatic rings. The Hall–Kier alpha value is -2.60. The molecule has 7 heteroatoms. The molecule has 1 aromatic carbocycles. The van der Waals surface area contributed by atoms with Crippen LogP contribution >= 0.6 is 11.6 Å². The molecule has 0 fully saturated rings. The molecule has 6 nitrogen and oxygen atoms in total. The van der Waals surface area contributed by atoms with Gasteiger partial charge in [-0.25, -0.2) is 0 Å². The van der Waals surface area contributed by atoms with Crippen molar-refractivity contribution < 1.29 is 18.8 Å². The van der Waals surface area contributed by atoms with Gasteiger partial charge in [-0.3, -0.25) is 9.59 Å². The van der Waals surface area contributed by atoms with Crippen LogP contribution in [0.4, 0.5) is 0 Å². The molecule has 3 rings (SSSR count). The maximum absolute atomic E-state index is 12.6. The fraction of sp³-hybridized carbons (Fsp3) is 0.188. The van der Waals surface area contributed by atoms with Crippen LogP contribution in [0.5, 0.6) is 5.75 Å². The van der Waals surface area contributed by atoms with E-state index in [4.69, 9.17) is 20.9 Å². The third kappa shape index (κ3) is 2.85. The number of carbonyl (C=O) groups is 2. The number of aromatic amines is 1. The van der Waals surface area contributed by atoms with Gasteiger partial charge in [-0.05, 0) is 25.1 Å². The van der Waals surface area contributed by atoms with E-state index >= 15 is 0 Å².